The largest absolute Gasteiger partial charge is 0.377 e. The number of hydrogen-bond acceptors (Lipinski definition) is 6. The molecule has 3 aromatic carbocycles. The first-order valence-corrected chi connectivity index (χ1v) is 14.7. The van der Waals surface area contributed by atoms with E-state index in [0.717, 1.165) is 29.4 Å². The Kier molecular flexibility index (Phi) is 13.7. The molecule has 0 spiro atoms. The Hall–Kier alpha value is -3.37. The maximum Gasteiger partial charge on any atom is 0.294 e. The van der Waals surface area contributed by atoms with Gasteiger partial charge in [0.25, 0.3) is 10.1 Å². The number of aldehydes is 1. The molecule has 0 aliphatic rings. The Morgan fingerprint density at radius 2 is 1.57 bits per heavy atom. The second-order valence-electron chi connectivity index (χ2n) is 9.71. The summed E-state index contributed by atoms with van der Waals surface area (Å²) in [5.41, 5.74) is 9.01. The highest BCUT2D eigenvalue weighted by atomic mass is 32.2. The number of aryl methyl sites for hydroxylation is 1. The average Bonchev–Trinajstić information content (AvgIpc) is 2.96. The molecule has 0 saturated heterocycles. The highest BCUT2D eigenvalue weighted by Crippen LogP contribution is 2.21. The summed E-state index contributed by atoms with van der Waals surface area (Å²) in [5, 5.41) is 3.00. The molecule has 4 atom stereocenters. The van der Waals surface area contributed by atoms with Crippen LogP contribution >= 0.6 is 0 Å². The lowest BCUT2D eigenvalue weighted by atomic mass is 9.90. The number of benzene rings is 3. The molecular weight excluding hydrogens is 528 g/mol. The monoisotopic (exact) mass is 568 g/mol. The normalized spacial score (nSPS) is 14.1. The number of amides is 1. The van der Waals surface area contributed by atoms with Crippen LogP contribution in [0.4, 0.5) is 0 Å². The first kappa shape index (κ1) is 32.8. The standard InChI is InChI=1S/C24H32N2O3.C7H8O3S/c1-3-18(2)23(25)24(28)26-22(21(16-27)20-12-8-5-9-13-20)14-15-29-17-19-10-6-4-7-11-19;1-6-2-4-7(5-3-6)11(8,9)10/h4-13,16,18,21-23H,3,14-15,17,25H2,1-2H3,(H,26,28);2-5H,1H3,(H,8,9,10). The van der Waals surface area contributed by atoms with E-state index >= 15 is 0 Å². The van der Waals surface area contributed by atoms with Crippen molar-refractivity contribution in [2.24, 2.45) is 11.7 Å². The minimum atomic E-state index is -4.02. The second kappa shape index (κ2) is 16.7. The molecule has 3 aromatic rings. The molecule has 1 amide bonds. The number of rotatable bonds is 13. The Bertz CT molecular complexity index is 1270. The van der Waals surface area contributed by atoms with E-state index in [2.05, 4.69) is 5.32 Å². The maximum atomic E-state index is 12.7. The minimum Gasteiger partial charge on any atom is -0.377 e. The van der Waals surface area contributed by atoms with Crippen LogP contribution in [-0.2, 0) is 31.1 Å². The second-order valence-corrected chi connectivity index (χ2v) is 11.1. The van der Waals surface area contributed by atoms with Gasteiger partial charge in [0.15, 0.2) is 0 Å². The quantitative estimate of drug-likeness (QED) is 0.155. The van der Waals surface area contributed by atoms with Crippen LogP contribution in [0.25, 0.3) is 0 Å². The number of hydrogen-bond donors (Lipinski definition) is 3. The molecule has 0 aromatic heterocycles. The van der Waals surface area contributed by atoms with Gasteiger partial charge in [-0.25, -0.2) is 0 Å². The molecule has 40 heavy (non-hydrogen) atoms. The van der Waals surface area contributed by atoms with Crippen molar-refractivity contribution >= 4 is 22.3 Å². The molecule has 0 heterocycles. The van der Waals surface area contributed by atoms with Crippen molar-refractivity contribution in [3.8, 4) is 0 Å². The van der Waals surface area contributed by atoms with Gasteiger partial charge in [-0.1, -0.05) is 98.6 Å². The maximum absolute atomic E-state index is 12.7. The van der Waals surface area contributed by atoms with Crippen LogP contribution in [0.2, 0.25) is 0 Å². The summed E-state index contributed by atoms with van der Waals surface area (Å²) in [4.78, 5) is 24.5. The molecule has 9 heteroatoms. The zero-order valence-electron chi connectivity index (χ0n) is 23.3. The number of carbonyl (C=O) groups is 2. The van der Waals surface area contributed by atoms with Gasteiger partial charge in [-0.3, -0.25) is 9.35 Å². The first-order chi connectivity index (χ1) is 19.1. The summed E-state index contributed by atoms with van der Waals surface area (Å²) in [6.07, 6.45) is 2.23. The topological polar surface area (TPSA) is 136 Å². The predicted molar refractivity (Wildman–Crippen MR) is 156 cm³/mol. The van der Waals surface area contributed by atoms with Crippen molar-refractivity contribution in [2.45, 2.75) is 63.1 Å². The van der Waals surface area contributed by atoms with Crippen molar-refractivity contribution in [3.05, 3.63) is 102 Å². The van der Waals surface area contributed by atoms with Gasteiger partial charge in [0.2, 0.25) is 5.91 Å². The van der Waals surface area contributed by atoms with Crippen LogP contribution in [0.1, 0.15) is 49.3 Å². The van der Waals surface area contributed by atoms with Gasteiger partial charge < -0.3 is 20.6 Å². The minimum absolute atomic E-state index is 0.0661. The third kappa shape index (κ3) is 11.0. The number of nitrogens with one attached hydrogen (secondary N) is 1. The molecular formula is C31H40N2O6S. The average molecular weight is 569 g/mol. The Morgan fingerprint density at radius 1 is 1.00 bits per heavy atom. The zero-order chi connectivity index (χ0) is 29.5. The number of nitrogens with two attached hydrogens (primary N) is 1. The first-order valence-electron chi connectivity index (χ1n) is 13.3. The van der Waals surface area contributed by atoms with E-state index in [1.807, 2.05) is 81.4 Å². The van der Waals surface area contributed by atoms with Gasteiger partial charge in [0.1, 0.15) is 6.29 Å². The Labute approximate surface area is 237 Å². The molecule has 0 saturated carbocycles. The van der Waals surface area contributed by atoms with Gasteiger partial charge in [0.05, 0.1) is 23.5 Å². The van der Waals surface area contributed by atoms with Crippen molar-refractivity contribution in [1.82, 2.24) is 5.32 Å². The molecule has 0 bridgehead atoms. The Morgan fingerprint density at radius 3 is 2.10 bits per heavy atom. The van der Waals surface area contributed by atoms with Crippen LogP contribution in [0.15, 0.2) is 89.8 Å². The van der Waals surface area contributed by atoms with Crippen LogP contribution in [0, 0.1) is 12.8 Å². The lowest BCUT2D eigenvalue weighted by molar-refractivity contribution is -0.124. The summed E-state index contributed by atoms with van der Waals surface area (Å²) in [5.74, 6) is -0.615. The van der Waals surface area contributed by atoms with E-state index in [0.29, 0.717) is 19.6 Å². The van der Waals surface area contributed by atoms with Crippen LogP contribution in [0.5, 0.6) is 0 Å². The SMILES string of the molecule is CCC(C)C(N)C(=O)NC(CCOCc1ccccc1)C(C=O)c1ccccc1.Cc1ccc(S(=O)(=O)O)cc1. The lowest BCUT2D eigenvalue weighted by Crippen LogP contribution is -2.50. The Balaban J connectivity index is 0.000000425. The smallest absolute Gasteiger partial charge is 0.294 e. The summed E-state index contributed by atoms with van der Waals surface area (Å²) < 4.78 is 35.3. The summed E-state index contributed by atoms with van der Waals surface area (Å²) in [7, 11) is -4.02. The summed E-state index contributed by atoms with van der Waals surface area (Å²) in [6.45, 7) is 6.72. The van der Waals surface area contributed by atoms with E-state index in [1.54, 1.807) is 12.1 Å². The van der Waals surface area contributed by atoms with Gasteiger partial charge in [-0.05, 0) is 42.5 Å². The fourth-order valence-electron chi connectivity index (χ4n) is 3.90. The molecule has 216 valence electrons. The van der Waals surface area contributed by atoms with Gasteiger partial charge >= 0.3 is 0 Å². The fraction of sp³-hybridized carbons (Fsp3) is 0.355. The van der Waals surface area contributed by atoms with Crippen molar-refractivity contribution in [1.29, 1.82) is 0 Å². The zero-order valence-corrected chi connectivity index (χ0v) is 24.1. The molecule has 0 fully saturated rings. The third-order valence-corrected chi connectivity index (χ3v) is 7.52. The third-order valence-electron chi connectivity index (χ3n) is 6.66. The van der Waals surface area contributed by atoms with E-state index in [-0.39, 0.29) is 22.8 Å². The van der Waals surface area contributed by atoms with Crippen LogP contribution < -0.4 is 11.1 Å². The van der Waals surface area contributed by atoms with Crippen molar-refractivity contribution in [3.63, 3.8) is 0 Å². The molecule has 4 N–H and O–H groups in total. The summed E-state index contributed by atoms with van der Waals surface area (Å²) >= 11 is 0. The highest BCUT2D eigenvalue weighted by molar-refractivity contribution is 7.85. The van der Waals surface area contributed by atoms with E-state index < -0.39 is 22.1 Å². The van der Waals surface area contributed by atoms with Gasteiger partial charge in [-0.2, -0.15) is 8.42 Å². The molecule has 0 radical (unpaired) electrons. The predicted octanol–water partition coefficient (Wildman–Crippen LogP) is 4.68. The van der Waals surface area contributed by atoms with Crippen LogP contribution in [0.3, 0.4) is 0 Å². The van der Waals surface area contributed by atoms with Gasteiger partial charge in [0, 0.05) is 12.6 Å². The molecule has 4 unspecified atom stereocenters. The molecule has 0 aliphatic carbocycles. The van der Waals surface area contributed by atoms with Crippen molar-refractivity contribution < 1.29 is 27.3 Å². The van der Waals surface area contributed by atoms with E-state index in [4.69, 9.17) is 15.0 Å². The summed E-state index contributed by atoms with van der Waals surface area (Å²) in [6, 6.07) is 24.4. The van der Waals surface area contributed by atoms with Gasteiger partial charge in [-0.15, -0.1) is 0 Å². The molecule has 8 nitrogen and oxygen atoms in total. The molecule has 0 aliphatic heterocycles. The van der Waals surface area contributed by atoms with Crippen LogP contribution in [-0.4, -0.2) is 43.9 Å². The molecule has 3 rings (SSSR count). The number of ether oxygens (including phenoxy) is 1. The highest BCUT2D eigenvalue weighted by Gasteiger charge is 2.28. The van der Waals surface area contributed by atoms with E-state index in [1.165, 1.54) is 12.1 Å². The van der Waals surface area contributed by atoms with E-state index in [9.17, 15) is 18.0 Å². The fourth-order valence-corrected chi connectivity index (χ4v) is 4.38. The number of carbonyl (C=O) groups excluding carboxylic acids is 2. The van der Waals surface area contributed by atoms with Crippen molar-refractivity contribution in [2.75, 3.05) is 6.61 Å². The lowest BCUT2D eigenvalue weighted by Gasteiger charge is -2.27.